The zero-order valence-electron chi connectivity index (χ0n) is 18.4. The van der Waals surface area contributed by atoms with Crippen molar-refractivity contribution >= 4 is 15.9 Å². The van der Waals surface area contributed by atoms with Crippen molar-refractivity contribution in [3.63, 3.8) is 0 Å². The summed E-state index contributed by atoms with van der Waals surface area (Å²) in [7, 11) is -0.256. The lowest BCUT2D eigenvalue weighted by Gasteiger charge is -2.27. The van der Waals surface area contributed by atoms with Crippen LogP contribution >= 0.6 is 0 Å². The van der Waals surface area contributed by atoms with E-state index in [1.54, 1.807) is 36.3 Å². The molecule has 2 rings (SSSR count). The summed E-state index contributed by atoms with van der Waals surface area (Å²) in [6.45, 7) is 5.20. The van der Waals surface area contributed by atoms with Crippen molar-refractivity contribution in [1.82, 2.24) is 13.8 Å². The van der Waals surface area contributed by atoms with Crippen LogP contribution in [0.1, 0.15) is 31.0 Å². The summed E-state index contributed by atoms with van der Waals surface area (Å²) in [6, 6.07) is 10.6. The number of unbranched alkanes of at least 4 members (excludes halogenated alkanes) is 1. The molecule has 1 amide bonds. The van der Waals surface area contributed by atoms with Crippen molar-refractivity contribution in [2.24, 2.45) is 7.05 Å². The number of amides is 1. The molecule has 0 saturated heterocycles. The fourth-order valence-electron chi connectivity index (χ4n) is 3.08. The first-order valence-electron chi connectivity index (χ1n) is 10.2. The Morgan fingerprint density at radius 1 is 1.13 bits per heavy atom. The van der Waals surface area contributed by atoms with Gasteiger partial charge in [-0.2, -0.15) is 4.31 Å². The van der Waals surface area contributed by atoms with Gasteiger partial charge in [0.1, 0.15) is 0 Å². The van der Waals surface area contributed by atoms with E-state index in [4.69, 9.17) is 4.74 Å². The molecule has 0 atom stereocenters. The second kappa shape index (κ2) is 11.3. The lowest BCUT2D eigenvalue weighted by Crippen LogP contribution is -2.44. The Morgan fingerprint density at radius 2 is 1.83 bits per heavy atom. The van der Waals surface area contributed by atoms with Gasteiger partial charge in [0.15, 0.2) is 0 Å². The number of rotatable bonds is 12. The Morgan fingerprint density at radius 3 is 2.40 bits per heavy atom. The van der Waals surface area contributed by atoms with Gasteiger partial charge >= 0.3 is 0 Å². The Labute approximate surface area is 180 Å². The molecule has 1 aromatic carbocycles. The minimum Gasteiger partial charge on any atom is -0.383 e. The van der Waals surface area contributed by atoms with E-state index < -0.39 is 10.0 Å². The van der Waals surface area contributed by atoms with Crippen LogP contribution in [0.15, 0.2) is 47.5 Å². The smallest absolute Gasteiger partial charge is 0.243 e. The molecule has 7 nitrogen and oxygen atoms in total. The molecule has 0 radical (unpaired) electrons. The zero-order valence-corrected chi connectivity index (χ0v) is 19.2. The highest BCUT2D eigenvalue weighted by molar-refractivity contribution is 7.89. The van der Waals surface area contributed by atoms with Crippen LogP contribution in [0.4, 0.5) is 0 Å². The fraction of sp³-hybridized carbons (Fsp3) is 0.500. The van der Waals surface area contributed by atoms with Crippen LogP contribution in [0.3, 0.4) is 0 Å². The number of hydrogen-bond donors (Lipinski definition) is 0. The van der Waals surface area contributed by atoms with Crippen molar-refractivity contribution in [2.45, 2.75) is 38.1 Å². The number of ether oxygens (including phenoxy) is 1. The molecule has 0 aliphatic rings. The van der Waals surface area contributed by atoms with Crippen LogP contribution in [0.25, 0.3) is 0 Å². The Hall–Kier alpha value is -2.16. The van der Waals surface area contributed by atoms with Gasteiger partial charge in [-0.25, -0.2) is 8.42 Å². The first kappa shape index (κ1) is 24.1. The van der Waals surface area contributed by atoms with E-state index in [2.05, 4.69) is 0 Å². The summed E-state index contributed by atoms with van der Waals surface area (Å²) in [5.74, 6) is -0.236. The first-order chi connectivity index (χ1) is 14.3. The predicted molar refractivity (Wildman–Crippen MR) is 118 cm³/mol. The first-order valence-corrected chi connectivity index (χ1v) is 11.7. The summed E-state index contributed by atoms with van der Waals surface area (Å²) < 4.78 is 34.8. The average Bonchev–Trinajstić information content (AvgIpc) is 3.12. The maximum atomic E-state index is 13.2. The standard InChI is InChI=1S/C22H33N3O4S/c1-5-6-14-25(30(27,28)21-11-9-19(2)10-12-21)18-22(26)24(15-16-29-4)17-20-8-7-13-23(20)3/h7-13H,5-6,14-18H2,1-4H3. The van der Waals surface area contributed by atoms with Gasteiger partial charge in [0, 0.05) is 39.1 Å². The lowest BCUT2D eigenvalue weighted by molar-refractivity contribution is -0.132. The van der Waals surface area contributed by atoms with E-state index >= 15 is 0 Å². The second-order valence-corrected chi connectivity index (χ2v) is 9.36. The number of carbonyl (C=O) groups is 1. The minimum atomic E-state index is -3.76. The van der Waals surface area contributed by atoms with Crippen LogP contribution in [0.2, 0.25) is 0 Å². The van der Waals surface area contributed by atoms with Gasteiger partial charge in [-0.15, -0.1) is 0 Å². The molecular formula is C22H33N3O4S. The summed E-state index contributed by atoms with van der Waals surface area (Å²) in [6.07, 6.45) is 3.45. The molecule has 0 aliphatic carbocycles. The Balaban J connectivity index is 2.24. The molecular weight excluding hydrogens is 402 g/mol. The normalized spacial score (nSPS) is 11.8. The molecule has 0 bridgehead atoms. The summed E-state index contributed by atoms with van der Waals surface area (Å²) in [5.41, 5.74) is 1.96. The van der Waals surface area contributed by atoms with Crippen LogP contribution < -0.4 is 0 Å². The number of nitrogens with zero attached hydrogens (tertiary/aromatic N) is 3. The lowest BCUT2D eigenvalue weighted by atomic mass is 10.2. The minimum absolute atomic E-state index is 0.190. The maximum Gasteiger partial charge on any atom is 0.243 e. The van der Waals surface area contributed by atoms with Gasteiger partial charge < -0.3 is 14.2 Å². The Bertz CT molecular complexity index is 907. The monoisotopic (exact) mass is 435 g/mol. The number of sulfonamides is 1. The van der Waals surface area contributed by atoms with Gasteiger partial charge in [0.2, 0.25) is 15.9 Å². The molecule has 8 heteroatoms. The second-order valence-electron chi connectivity index (χ2n) is 7.42. The zero-order chi connectivity index (χ0) is 22.1. The number of benzene rings is 1. The number of hydrogen-bond acceptors (Lipinski definition) is 4. The van der Waals surface area contributed by atoms with E-state index in [1.807, 2.05) is 43.8 Å². The summed E-state index contributed by atoms with van der Waals surface area (Å²) in [4.78, 5) is 15.0. The van der Waals surface area contributed by atoms with Gasteiger partial charge in [0.05, 0.1) is 24.6 Å². The maximum absolute atomic E-state index is 13.2. The molecule has 1 aromatic heterocycles. The third-order valence-electron chi connectivity index (χ3n) is 5.05. The van der Waals surface area contributed by atoms with Crippen molar-refractivity contribution in [2.75, 3.05) is 33.4 Å². The van der Waals surface area contributed by atoms with Crippen molar-refractivity contribution in [3.8, 4) is 0 Å². The van der Waals surface area contributed by atoms with Crippen LogP contribution in [-0.2, 0) is 33.1 Å². The van der Waals surface area contributed by atoms with Crippen LogP contribution in [-0.4, -0.2) is 61.4 Å². The van der Waals surface area contributed by atoms with E-state index in [9.17, 15) is 13.2 Å². The van der Waals surface area contributed by atoms with E-state index in [1.165, 1.54) is 4.31 Å². The summed E-state index contributed by atoms with van der Waals surface area (Å²) in [5, 5.41) is 0. The highest BCUT2D eigenvalue weighted by atomic mass is 32.2. The SMILES string of the molecule is CCCCN(CC(=O)N(CCOC)Cc1cccn1C)S(=O)(=O)c1ccc(C)cc1. The van der Waals surface area contributed by atoms with Crippen LogP contribution in [0.5, 0.6) is 0 Å². The molecule has 0 aliphatic heterocycles. The van der Waals surface area contributed by atoms with E-state index in [0.717, 1.165) is 17.7 Å². The third-order valence-corrected chi connectivity index (χ3v) is 6.91. The van der Waals surface area contributed by atoms with Crippen molar-refractivity contribution in [1.29, 1.82) is 0 Å². The number of aryl methyl sites for hydroxylation is 2. The van der Waals surface area contributed by atoms with E-state index in [-0.39, 0.29) is 17.3 Å². The fourth-order valence-corrected chi connectivity index (χ4v) is 4.51. The average molecular weight is 436 g/mol. The number of carbonyl (C=O) groups excluding carboxylic acids is 1. The molecule has 30 heavy (non-hydrogen) atoms. The molecule has 2 aromatic rings. The molecule has 0 fully saturated rings. The quantitative estimate of drug-likeness (QED) is 0.514. The predicted octanol–water partition coefficient (Wildman–Crippen LogP) is 2.80. The van der Waals surface area contributed by atoms with Gasteiger partial charge in [-0.3, -0.25) is 4.79 Å². The van der Waals surface area contributed by atoms with E-state index in [0.29, 0.717) is 32.7 Å². The molecule has 0 spiro atoms. The van der Waals surface area contributed by atoms with Gasteiger partial charge in [-0.1, -0.05) is 31.0 Å². The van der Waals surface area contributed by atoms with Crippen LogP contribution in [0, 0.1) is 6.92 Å². The van der Waals surface area contributed by atoms with Gasteiger partial charge in [-0.05, 0) is 37.6 Å². The third kappa shape index (κ3) is 6.42. The molecule has 0 N–H and O–H groups in total. The molecule has 1 heterocycles. The number of aromatic nitrogens is 1. The molecule has 166 valence electrons. The highest BCUT2D eigenvalue weighted by Gasteiger charge is 2.28. The van der Waals surface area contributed by atoms with Crippen molar-refractivity contribution in [3.05, 3.63) is 53.9 Å². The summed E-state index contributed by atoms with van der Waals surface area (Å²) >= 11 is 0. The molecule has 0 unspecified atom stereocenters. The van der Waals surface area contributed by atoms with Gasteiger partial charge in [0.25, 0.3) is 0 Å². The number of methoxy groups -OCH3 is 1. The highest BCUT2D eigenvalue weighted by Crippen LogP contribution is 2.18. The largest absolute Gasteiger partial charge is 0.383 e. The Kier molecular flexibility index (Phi) is 9.08. The molecule has 0 saturated carbocycles. The van der Waals surface area contributed by atoms with Crippen molar-refractivity contribution < 1.29 is 17.9 Å². The topological polar surface area (TPSA) is 71.8 Å².